The van der Waals surface area contributed by atoms with Crippen molar-refractivity contribution in [2.24, 2.45) is 0 Å². The summed E-state index contributed by atoms with van der Waals surface area (Å²) in [6, 6.07) is 6.69. The van der Waals surface area contributed by atoms with Crippen LogP contribution in [0.1, 0.15) is 15.9 Å². The number of benzene rings is 2. The third-order valence-electron chi connectivity index (χ3n) is 2.68. The molecule has 0 aliphatic heterocycles. The van der Waals surface area contributed by atoms with Gasteiger partial charge in [-0.3, -0.25) is 4.79 Å². The standard InChI is InChI=1S/C14H9BrClF2NO/c1-7-2-3-8(4-10(7)15)19-14(20)9-5-13(18)11(16)6-12(9)17/h2-6H,1H3,(H,19,20). The third kappa shape index (κ3) is 3.16. The molecule has 1 N–H and O–H groups in total. The number of anilines is 1. The lowest BCUT2D eigenvalue weighted by molar-refractivity contribution is 0.102. The van der Waals surface area contributed by atoms with E-state index in [1.165, 1.54) is 0 Å². The van der Waals surface area contributed by atoms with Crippen molar-refractivity contribution in [1.82, 2.24) is 0 Å². The molecule has 0 saturated carbocycles. The molecule has 20 heavy (non-hydrogen) atoms. The van der Waals surface area contributed by atoms with Crippen LogP contribution in [-0.2, 0) is 0 Å². The van der Waals surface area contributed by atoms with Crippen LogP contribution in [0.15, 0.2) is 34.8 Å². The molecule has 2 aromatic rings. The number of halogens is 4. The third-order valence-corrected chi connectivity index (χ3v) is 3.83. The average Bonchev–Trinajstić information content (AvgIpc) is 2.38. The van der Waals surface area contributed by atoms with Crippen molar-refractivity contribution in [3.8, 4) is 0 Å². The Morgan fingerprint density at radius 2 is 1.90 bits per heavy atom. The van der Waals surface area contributed by atoms with E-state index in [0.29, 0.717) is 5.69 Å². The average molecular weight is 361 g/mol. The van der Waals surface area contributed by atoms with Gasteiger partial charge in [0, 0.05) is 10.2 Å². The summed E-state index contributed by atoms with van der Waals surface area (Å²) >= 11 is 8.76. The largest absolute Gasteiger partial charge is 0.322 e. The topological polar surface area (TPSA) is 29.1 Å². The Labute approximate surface area is 127 Å². The maximum absolute atomic E-state index is 13.6. The normalized spacial score (nSPS) is 10.4. The van der Waals surface area contributed by atoms with Gasteiger partial charge in [0.05, 0.1) is 10.6 Å². The highest BCUT2D eigenvalue weighted by molar-refractivity contribution is 9.10. The van der Waals surface area contributed by atoms with Gasteiger partial charge in [0.1, 0.15) is 11.6 Å². The molecule has 0 atom stereocenters. The summed E-state index contributed by atoms with van der Waals surface area (Å²) in [5, 5.41) is 2.13. The van der Waals surface area contributed by atoms with Gasteiger partial charge in [0.25, 0.3) is 5.91 Å². The Morgan fingerprint density at radius 3 is 2.55 bits per heavy atom. The second kappa shape index (κ2) is 5.89. The van der Waals surface area contributed by atoms with E-state index in [-0.39, 0.29) is 5.02 Å². The fraction of sp³-hybridized carbons (Fsp3) is 0.0714. The highest BCUT2D eigenvalue weighted by Gasteiger charge is 2.15. The highest BCUT2D eigenvalue weighted by atomic mass is 79.9. The molecule has 2 rings (SSSR count). The van der Waals surface area contributed by atoms with Gasteiger partial charge in [-0.15, -0.1) is 0 Å². The molecular weight excluding hydrogens is 352 g/mol. The lowest BCUT2D eigenvalue weighted by atomic mass is 10.1. The zero-order valence-corrected chi connectivity index (χ0v) is 12.6. The van der Waals surface area contributed by atoms with Gasteiger partial charge in [-0.2, -0.15) is 0 Å². The molecule has 1 amide bonds. The van der Waals surface area contributed by atoms with Crippen LogP contribution in [0.25, 0.3) is 0 Å². The van der Waals surface area contributed by atoms with Gasteiger partial charge in [0.2, 0.25) is 0 Å². The predicted octanol–water partition coefficient (Wildman–Crippen LogP) is 4.94. The number of hydrogen-bond donors (Lipinski definition) is 1. The zero-order valence-electron chi connectivity index (χ0n) is 10.3. The predicted molar refractivity (Wildman–Crippen MR) is 78.2 cm³/mol. The summed E-state index contributed by atoms with van der Waals surface area (Å²) in [6.45, 7) is 1.89. The second-order valence-electron chi connectivity index (χ2n) is 4.16. The Kier molecular flexibility index (Phi) is 4.40. The van der Waals surface area contributed by atoms with Gasteiger partial charge in [-0.25, -0.2) is 8.78 Å². The van der Waals surface area contributed by atoms with E-state index >= 15 is 0 Å². The Balaban J connectivity index is 2.28. The molecule has 2 aromatic carbocycles. The molecule has 0 aromatic heterocycles. The first-order chi connectivity index (χ1) is 9.38. The first-order valence-electron chi connectivity index (χ1n) is 5.60. The van der Waals surface area contributed by atoms with Crippen molar-refractivity contribution in [3.05, 3.63) is 62.6 Å². The zero-order chi connectivity index (χ0) is 14.9. The van der Waals surface area contributed by atoms with Crippen LogP contribution in [0.4, 0.5) is 14.5 Å². The lowest BCUT2D eigenvalue weighted by Crippen LogP contribution is -2.14. The molecule has 0 spiro atoms. The van der Waals surface area contributed by atoms with E-state index in [4.69, 9.17) is 11.6 Å². The fourth-order valence-corrected chi connectivity index (χ4v) is 2.09. The summed E-state index contributed by atoms with van der Waals surface area (Å²) in [7, 11) is 0. The van der Waals surface area contributed by atoms with Gasteiger partial charge in [0.15, 0.2) is 0 Å². The minimum atomic E-state index is -0.875. The molecule has 6 heteroatoms. The Hall–Kier alpha value is -1.46. The van der Waals surface area contributed by atoms with Crippen molar-refractivity contribution in [2.45, 2.75) is 6.92 Å². The molecular formula is C14H9BrClF2NO. The number of carbonyl (C=O) groups is 1. The lowest BCUT2D eigenvalue weighted by Gasteiger charge is -2.08. The molecule has 0 radical (unpaired) electrons. The Morgan fingerprint density at radius 1 is 1.20 bits per heavy atom. The van der Waals surface area contributed by atoms with E-state index in [0.717, 1.165) is 22.2 Å². The molecule has 104 valence electrons. The first-order valence-corrected chi connectivity index (χ1v) is 6.77. The SMILES string of the molecule is Cc1ccc(NC(=O)c2cc(F)c(Cl)cc2F)cc1Br. The molecule has 0 saturated heterocycles. The van der Waals surface area contributed by atoms with Crippen LogP contribution in [0.5, 0.6) is 0 Å². The minimum absolute atomic E-state index is 0.364. The quantitative estimate of drug-likeness (QED) is 0.755. The van der Waals surface area contributed by atoms with Crippen LogP contribution < -0.4 is 5.32 Å². The number of amides is 1. The van der Waals surface area contributed by atoms with Crippen molar-refractivity contribution in [1.29, 1.82) is 0 Å². The number of rotatable bonds is 2. The van der Waals surface area contributed by atoms with E-state index < -0.39 is 23.1 Å². The van der Waals surface area contributed by atoms with Crippen LogP contribution >= 0.6 is 27.5 Å². The van der Waals surface area contributed by atoms with Gasteiger partial charge < -0.3 is 5.32 Å². The molecule has 0 fully saturated rings. The van der Waals surface area contributed by atoms with E-state index in [1.54, 1.807) is 18.2 Å². The van der Waals surface area contributed by atoms with Gasteiger partial charge >= 0.3 is 0 Å². The molecule has 0 bridgehead atoms. The number of carbonyl (C=O) groups excluding carboxylic acids is 1. The Bertz CT molecular complexity index is 691. The summed E-state index contributed by atoms with van der Waals surface area (Å²) in [5.41, 5.74) is 1.07. The van der Waals surface area contributed by atoms with Crippen LogP contribution in [0.2, 0.25) is 5.02 Å². The van der Waals surface area contributed by atoms with Crippen LogP contribution in [0.3, 0.4) is 0 Å². The maximum Gasteiger partial charge on any atom is 0.258 e. The highest BCUT2D eigenvalue weighted by Crippen LogP contribution is 2.23. The summed E-state index contributed by atoms with van der Waals surface area (Å²) < 4.78 is 27.7. The summed E-state index contributed by atoms with van der Waals surface area (Å²) in [5.74, 6) is -2.46. The first kappa shape index (κ1) is 14.9. The van der Waals surface area contributed by atoms with Gasteiger partial charge in [-0.1, -0.05) is 33.6 Å². The van der Waals surface area contributed by atoms with Crippen molar-refractivity contribution in [3.63, 3.8) is 0 Å². The maximum atomic E-state index is 13.6. The number of hydrogen-bond acceptors (Lipinski definition) is 1. The summed E-state index contributed by atoms with van der Waals surface area (Å²) in [6.07, 6.45) is 0. The second-order valence-corrected chi connectivity index (χ2v) is 5.43. The minimum Gasteiger partial charge on any atom is -0.322 e. The monoisotopic (exact) mass is 359 g/mol. The van der Waals surface area contributed by atoms with Crippen molar-refractivity contribution >= 4 is 39.1 Å². The van der Waals surface area contributed by atoms with Crippen molar-refractivity contribution in [2.75, 3.05) is 5.32 Å². The van der Waals surface area contributed by atoms with Crippen LogP contribution in [-0.4, -0.2) is 5.91 Å². The molecule has 0 heterocycles. The molecule has 0 aliphatic carbocycles. The van der Waals surface area contributed by atoms with Crippen molar-refractivity contribution < 1.29 is 13.6 Å². The number of aryl methyl sites for hydroxylation is 1. The van der Waals surface area contributed by atoms with Crippen LogP contribution in [0, 0.1) is 18.6 Å². The fourth-order valence-electron chi connectivity index (χ4n) is 1.57. The summed E-state index contributed by atoms with van der Waals surface area (Å²) in [4.78, 5) is 11.9. The molecule has 0 aliphatic rings. The smallest absolute Gasteiger partial charge is 0.258 e. The number of nitrogens with one attached hydrogen (secondary N) is 1. The molecule has 0 unspecified atom stereocenters. The molecule has 2 nitrogen and oxygen atoms in total. The van der Waals surface area contributed by atoms with E-state index in [2.05, 4.69) is 21.2 Å². The van der Waals surface area contributed by atoms with Gasteiger partial charge in [-0.05, 0) is 36.8 Å². The van der Waals surface area contributed by atoms with E-state index in [1.807, 2.05) is 6.92 Å². The van der Waals surface area contributed by atoms with E-state index in [9.17, 15) is 13.6 Å².